The highest BCUT2D eigenvalue weighted by Crippen LogP contribution is 2.46. The second-order valence-corrected chi connectivity index (χ2v) is 13.2. The summed E-state index contributed by atoms with van der Waals surface area (Å²) in [4.78, 5) is 0. The molecule has 1 aliphatic carbocycles. The van der Waals surface area contributed by atoms with Crippen LogP contribution in [0, 0.1) is 5.41 Å². The van der Waals surface area contributed by atoms with E-state index in [1.54, 1.807) is 0 Å². The summed E-state index contributed by atoms with van der Waals surface area (Å²) >= 11 is 2.53. The maximum Gasteiger partial charge on any atom is 0.240 e. The smallest absolute Gasteiger partial charge is 0.159 e. The molecule has 0 N–H and O–H groups in total. The van der Waals surface area contributed by atoms with E-state index in [2.05, 4.69) is 138 Å². The van der Waals surface area contributed by atoms with Crippen molar-refractivity contribution in [2.24, 2.45) is 5.41 Å². The topological polar surface area (TPSA) is 0 Å². The van der Waals surface area contributed by atoms with Crippen LogP contribution in [0.5, 0.6) is 0 Å². The molecule has 0 saturated heterocycles. The minimum Gasteiger partial charge on any atom is -0.159 e. The van der Waals surface area contributed by atoms with Gasteiger partial charge in [0.25, 0.3) is 0 Å². The first-order chi connectivity index (χ1) is 14.2. The lowest BCUT2D eigenvalue weighted by Crippen LogP contribution is -2.32. The van der Waals surface area contributed by atoms with E-state index in [4.69, 9.17) is 0 Å². The van der Waals surface area contributed by atoms with E-state index < -0.39 is 0 Å². The van der Waals surface area contributed by atoms with Crippen LogP contribution in [-0.4, -0.2) is 4.29 Å². The standard InChI is InChI=1S/C27H33BIP/c1-21(22-11-7-5-8-12-22)23-15-17-25(18-16-23)27(4,24-13-9-6-10-14-24)19-26(2,3)20-28(29)30/h5-15,17-18H,16,19-20,30H2,1-4H3. The predicted octanol–water partition coefficient (Wildman–Crippen LogP) is 8.52. The van der Waals surface area contributed by atoms with Gasteiger partial charge in [0.1, 0.15) is 0 Å². The van der Waals surface area contributed by atoms with Crippen LogP contribution in [0.3, 0.4) is 0 Å². The van der Waals surface area contributed by atoms with E-state index in [0.29, 0.717) is 4.29 Å². The second-order valence-electron chi connectivity index (χ2n) is 9.47. The van der Waals surface area contributed by atoms with E-state index in [0.717, 1.165) is 12.8 Å². The van der Waals surface area contributed by atoms with Crippen LogP contribution in [0.15, 0.2) is 90.0 Å². The van der Waals surface area contributed by atoms with Gasteiger partial charge in [-0.2, -0.15) is 9.12 Å². The number of benzene rings is 2. The highest BCUT2D eigenvalue weighted by atomic mass is 127. The largest absolute Gasteiger partial charge is 0.240 e. The van der Waals surface area contributed by atoms with Crippen LogP contribution in [-0.2, 0) is 5.41 Å². The molecule has 3 heteroatoms. The fourth-order valence-corrected chi connectivity index (χ4v) is 6.67. The predicted molar refractivity (Wildman–Crippen MR) is 147 cm³/mol. The third kappa shape index (κ3) is 5.77. The molecule has 0 saturated carbocycles. The highest BCUT2D eigenvalue weighted by molar-refractivity contribution is 14.1. The Morgan fingerprint density at radius 1 is 0.967 bits per heavy atom. The molecule has 0 aromatic heterocycles. The Kier molecular flexibility index (Phi) is 7.85. The molecule has 0 heterocycles. The summed E-state index contributed by atoms with van der Waals surface area (Å²) < 4.78 is 0.594. The summed E-state index contributed by atoms with van der Waals surface area (Å²) in [5.41, 5.74) is 7.22. The molecule has 2 aromatic rings. The van der Waals surface area contributed by atoms with Gasteiger partial charge in [-0.05, 0) is 53.0 Å². The number of halogens is 1. The first-order valence-corrected chi connectivity index (χ1v) is 12.7. The zero-order chi connectivity index (χ0) is 21.8. The van der Waals surface area contributed by atoms with Crippen LogP contribution < -0.4 is 0 Å². The lowest BCUT2D eigenvalue weighted by molar-refractivity contribution is 0.298. The van der Waals surface area contributed by atoms with Crippen molar-refractivity contribution in [3.63, 3.8) is 0 Å². The molecule has 0 spiro atoms. The van der Waals surface area contributed by atoms with E-state index in [1.807, 2.05) is 0 Å². The van der Waals surface area contributed by atoms with Crippen molar-refractivity contribution in [2.45, 2.75) is 52.3 Å². The molecule has 0 fully saturated rings. The molecule has 2 unspecified atom stereocenters. The summed E-state index contributed by atoms with van der Waals surface area (Å²) in [6, 6.07) is 21.8. The zero-order valence-electron chi connectivity index (χ0n) is 18.7. The average Bonchev–Trinajstić information content (AvgIpc) is 2.73. The molecule has 0 nitrogen and oxygen atoms in total. The summed E-state index contributed by atoms with van der Waals surface area (Å²) in [7, 11) is 2.97. The first-order valence-electron chi connectivity index (χ1n) is 10.8. The van der Waals surface area contributed by atoms with Gasteiger partial charge in [0, 0.05) is 5.41 Å². The molecular weight excluding hydrogens is 493 g/mol. The normalized spacial score (nSPS) is 17.9. The van der Waals surface area contributed by atoms with E-state index >= 15 is 0 Å². The Morgan fingerprint density at radius 3 is 2.10 bits per heavy atom. The summed E-state index contributed by atoms with van der Waals surface area (Å²) in [5.74, 6) is 0. The summed E-state index contributed by atoms with van der Waals surface area (Å²) in [6.07, 6.45) is 10.5. The van der Waals surface area contributed by atoms with Crippen LogP contribution >= 0.6 is 31.5 Å². The highest BCUT2D eigenvalue weighted by Gasteiger charge is 2.37. The molecule has 0 radical (unpaired) electrons. The third-order valence-corrected chi connectivity index (χ3v) is 7.00. The van der Waals surface area contributed by atoms with Gasteiger partial charge in [0.05, 0.1) is 0 Å². The summed E-state index contributed by atoms with van der Waals surface area (Å²) in [5, 5.41) is 0. The molecule has 2 atom stereocenters. The van der Waals surface area contributed by atoms with Crippen molar-refractivity contribution in [2.75, 3.05) is 0 Å². The Hall–Kier alpha value is -1.12. The maximum absolute atomic E-state index is 2.97. The van der Waals surface area contributed by atoms with Gasteiger partial charge in [-0.15, -0.1) is 22.4 Å². The number of hydrogen-bond acceptors (Lipinski definition) is 0. The number of allylic oxidation sites excluding steroid dienone is 6. The molecule has 1 aliphatic rings. The fourth-order valence-electron chi connectivity index (χ4n) is 4.84. The van der Waals surface area contributed by atoms with Crippen LogP contribution in [0.4, 0.5) is 0 Å². The van der Waals surface area contributed by atoms with Gasteiger partial charge in [0.2, 0.25) is 4.29 Å². The van der Waals surface area contributed by atoms with Crippen molar-refractivity contribution < 1.29 is 0 Å². The molecule has 0 aliphatic heterocycles. The zero-order valence-corrected chi connectivity index (χ0v) is 22.0. The molecule has 2 aromatic carbocycles. The number of hydrogen-bond donors (Lipinski definition) is 0. The molecule has 3 rings (SSSR count). The van der Waals surface area contributed by atoms with Crippen molar-refractivity contribution >= 4 is 41.4 Å². The lowest BCUT2D eigenvalue weighted by Gasteiger charge is -2.40. The molecule has 30 heavy (non-hydrogen) atoms. The maximum atomic E-state index is 2.97. The second kappa shape index (κ2) is 10.0. The van der Waals surface area contributed by atoms with Crippen molar-refractivity contribution in [3.05, 3.63) is 101 Å². The van der Waals surface area contributed by atoms with Crippen LogP contribution in [0.1, 0.15) is 51.7 Å². The van der Waals surface area contributed by atoms with Gasteiger partial charge >= 0.3 is 0 Å². The Labute approximate surface area is 199 Å². The first kappa shape index (κ1) is 23.5. The van der Waals surface area contributed by atoms with Gasteiger partial charge < -0.3 is 0 Å². The quantitative estimate of drug-likeness (QED) is 0.193. The van der Waals surface area contributed by atoms with E-state index in [9.17, 15) is 0 Å². The monoisotopic (exact) mass is 526 g/mol. The Balaban J connectivity index is 1.94. The molecule has 0 amide bonds. The average molecular weight is 526 g/mol. The van der Waals surface area contributed by atoms with E-state index in [-0.39, 0.29) is 10.8 Å². The Morgan fingerprint density at radius 2 is 1.57 bits per heavy atom. The lowest BCUT2D eigenvalue weighted by atomic mass is 9.62. The Bertz CT molecular complexity index is 941. The molecule has 156 valence electrons. The van der Waals surface area contributed by atoms with Crippen molar-refractivity contribution in [1.82, 2.24) is 0 Å². The van der Waals surface area contributed by atoms with Crippen molar-refractivity contribution in [3.8, 4) is 0 Å². The van der Waals surface area contributed by atoms with Gasteiger partial charge in [-0.25, -0.2) is 0 Å². The SMILES string of the molecule is CC(=C1C=CC(C(C)(CC(C)(C)CB(P)I)c2ccccc2)=CC1)c1ccccc1. The minimum absolute atomic E-state index is 0.00361. The molecular formula is C27H33BIP. The van der Waals surface area contributed by atoms with Gasteiger partial charge in [-0.3, -0.25) is 0 Å². The third-order valence-electron chi connectivity index (χ3n) is 6.32. The van der Waals surface area contributed by atoms with Crippen molar-refractivity contribution in [1.29, 1.82) is 0 Å². The fraction of sp³-hybridized carbons (Fsp3) is 0.333. The van der Waals surface area contributed by atoms with Gasteiger partial charge in [0.15, 0.2) is 0 Å². The minimum atomic E-state index is 0.00361. The summed E-state index contributed by atoms with van der Waals surface area (Å²) in [6.45, 7) is 9.51. The molecule has 0 bridgehead atoms. The van der Waals surface area contributed by atoms with Crippen LogP contribution in [0.25, 0.3) is 5.57 Å². The van der Waals surface area contributed by atoms with E-state index in [1.165, 1.54) is 34.2 Å². The van der Waals surface area contributed by atoms with Crippen LogP contribution in [0.2, 0.25) is 6.32 Å². The van der Waals surface area contributed by atoms with Gasteiger partial charge in [-0.1, -0.05) is 106 Å². The number of rotatable bonds is 7.